The van der Waals surface area contributed by atoms with E-state index in [2.05, 4.69) is 40.8 Å². The van der Waals surface area contributed by atoms with Crippen molar-refractivity contribution in [1.82, 2.24) is 20.2 Å². The van der Waals surface area contributed by atoms with E-state index in [-0.39, 0.29) is 16.7 Å². The second-order valence-electron chi connectivity index (χ2n) is 3.11. The molecule has 0 unspecified atom stereocenters. The van der Waals surface area contributed by atoms with Crippen molar-refractivity contribution in [2.24, 2.45) is 0 Å². The molecule has 2 aromatic rings. The maximum atomic E-state index is 12.0. The molecule has 2 rings (SSSR count). The fourth-order valence-corrected chi connectivity index (χ4v) is 2.65. The highest BCUT2D eigenvalue weighted by Crippen LogP contribution is 2.21. The molecule has 8 nitrogen and oxygen atoms in total. The molecule has 2 aromatic heterocycles. The van der Waals surface area contributed by atoms with E-state index < -0.39 is 10.0 Å². The first-order chi connectivity index (χ1) is 8.49. The average molecular weight is 331 g/mol. The van der Waals surface area contributed by atoms with Crippen LogP contribution in [0.2, 0.25) is 0 Å². The summed E-state index contributed by atoms with van der Waals surface area (Å²) in [6.07, 6.45) is 4.04. The number of aromatic nitrogens is 4. The van der Waals surface area contributed by atoms with Crippen LogP contribution in [0.5, 0.6) is 0 Å². The van der Waals surface area contributed by atoms with Crippen LogP contribution < -0.4 is 10.5 Å². The molecule has 18 heavy (non-hydrogen) atoms. The first-order valence-corrected chi connectivity index (χ1v) is 6.84. The van der Waals surface area contributed by atoms with Crippen LogP contribution in [0.4, 0.5) is 11.8 Å². The Morgan fingerprint density at radius 1 is 1.28 bits per heavy atom. The molecule has 0 aliphatic carbocycles. The standard InChI is InChI=1S/C8H7BrN6O2S/c9-5-3-6(7(10)12-4-5)18(16,17)15-8-11-1-2-13-14-8/h1-4H,(H2,10,12)(H,11,14,15). The van der Waals surface area contributed by atoms with Gasteiger partial charge in [-0.3, -0.25) is 0 Å². The lowest BCUT2D eigenvalue weighted by molar-refractivity contribution is 0.600. The normalized spacial score (nSPS) is 11.2. The van der Waals surface area contributed by atoms with Gasteiger partial charge in [-0.15, -0.1) is 5.10 Å². The maximum absolute atomic E-state index is 12.0. The lowest BCUT2D eigenvalue weighted by Gasteiger charge is -2.07. The van der Waals surface area contributed by atoms with Crippen LogP contribution in [0.15, 0.2) is 34.0 Å². The number of nitrogens with one attached hydrogen (secondary N) is 1. The molecule has 3 N–H and O–H groups in total. The molecule has 0 aliphatic heterocycles. The third-order valence-corrected chi connectivity index (χ3v) is 3.64. The van der Waals surface area contributed by atoms with E-state index in [0.29, 0.717) is 4.47 Å². The maximum Gasteiger partial charge on any atom is 0.267 e. The molecule has 2 heterocycles. The van der Waals surface area contributed by atoms with Gasteiger partial charge < -0.3 is 5.73 Å². The zero-order valence-electron chi connectivity index (χ0n) is 8.78. The van der Waals surface area contributed by atoms with Gasteiger partial charge in [0.05, 0.1) is 12.4 Å². The molecule has 0 saturated heterocycles. The van der Waals surface area contributed by atoms with Crippen LogP contribution >= 0.6 is 15.9 Å². The van der Waals surface area contributed by atoms with Crippen molar-refractivity contribution in [3.05, 3.63) is 29.1 Å². The van der Waals surface area contributed by atoms with Crippen molar-refractivity contribution >= 4 is 37.7 Å². The van der Waals surface area contributed by atoms with E-state index in [1.54, 1.807) is 0 Å². The lowest BCUT2D eigenvalue weighted by atomic mass is 10.5. The van der Waals surface area contributed by atoms with Crippen LogP contribution in [0.25, 0.3) is 0 Å². The Labute approximate surface area is 111 Å². The van der Waals surface area contributed by atoms with E-state index in [0.717, 1.165) is 0 Å². The number of anilines is 2. The zero-order valence-corrected chi connectivity index (χ0v) is 11.2. The molecule has 94 valence electrons. The van der Waals surface area contributed by atoms with Crippen molar-refractivity contribution in [2.45, 2.75) is 4.90 Å². The van der Waals surface area contributed by atoms with Crippen LogP contribution in [-0.4, -0.2) is 28.6 Å². The van der Waals surface area contributed by atoms with E-state index >= 15 is 0 Å². The van der Waals surface area contributed by atoms with Gasteiger partial charge in [-0.05, 0) is 22.0 Å². The minimum Gasteiger partial charge on any atom is -0.383 e. The molecular formula is C8H7BrN6O2S. The molecule has 0 atom stereocenters. The van der Waals surface area contributed by atoms with Gasteiger partial charge in [-0.25, -0.2) is 23.1 Å². The number of nitrogen functional groups attached to an aromatic ring is 1. The van der Waals surface area contributed by atoms with Gasteiger partial charge in [-0.2, -0.15) is 5.10 Å². The van der Waals surface area contributed by atoms with Crippen molar-refractivity contribution in [3.8, 4) is 0 Å². The molecule has 0 amide bonds. The summed E-state index contributed by atoms with van der Waals surface area (Å²) < 4.78 is 26.7. The Morgan fingerprint density at radius 3 is 2.72 bits per heavy atom. The summed E-state index contributed by atoms with van der Waals surface area (Å²) in [7, 11) is -3.90. The van der Waals surface area contributed by atoms with E-state index in [9.17, 15) is 8.42 Å². The number of nitrogens with two attached hydrogens (primary N) is 1. The van der Waals surface area contributed by atoms with Gasteiger partial charge >= 0.3 is 0 Å². The lowest BCUT2D eigenvalue weighted by Crippen LogP contribution is -2.17. The number of hydrogen-bond donors (Lipinski definition) is 2. The average Bonchev–Trinajstić information content (AvgIpc) is 2.33. The Morgan fingerprint density at radius 2 is 2.06 bits per heavy atom. The van der Waals surface area contributed by atoms with Crippen LogP contribution in [0.1, 0.15) is 0 Å². The first-order valence-electron chi connectivity index (χ1n) is 4.56. The molecule has 0 bridgehead atoms. The SMILES string of the molecule is Nc1ncc(Br)cc1S(=O)(=O)Nc1nccnn1. The molecule has 0 fully saturated rings. The minimum absolute atomic E-state index is 0.116. The van der Waals surface area contributed by atoms with Gasteiger partial charge in [0, 0.05) is 10.7 Å². The van der Waals surface area contributed by atoms with Gasteiger partial charge in [0.25, 0.3) is 16.0 Å². The van der Waals surface area contributed by atoms with Crippen molar-refractivity contribution in [1.29, 1.82) is 0 Å². The number of nitrogens with zero attached hydrogens (tertiary/aromatic N) is 4. The third-order valence-electron chi connectivity index (χ3n) is 1.85. The number of rotatable bonds is 3. The minimum atomic E-state index is -3.90. The second-order valence-corrected chi connectivity index (χ2v) is 5.68. The highest BCUT2D eigenvalue weighted by atomic mass is 79.9. The summed E-state index contributed by atoms with van der Waals surface area (Å²) in [6.45, 7) is 0. The fraction of sp³-hybridized carbons (Fsp3) is 0. The fourth-order valence-electron chi connectivity index (χ4n) is 1.12. The number of halogens is 1. The number of hydrogen-bond acceptors (Lipinski definition) is 7. The summed E-state index contributed by atoms with van der Waals surface area (Å²) in [5.74, 6) is -0.258. The van der Waals surface area contributed by atoms with Crippen LogP contribution in [0, 0.1) is 0 Å². The summed E-state index contributed by atoms with van der Waals surface area (Å²) in [5.41, 5.74) is 5.52. The summed E-state index contributed by atoms with van der Waals surface area (Å²) in [4.78, 5) is 7.28. The third kappa shape index (κ3) is 2.71. The molecule has 0 saturated carbocycles. The predicted molar refractivity (Wildman–Crippen MR) is 67.0 cm³/mol. The molecule has 0 radical (unpaired) electrons. The van der Waals surface area contributed by atoms with E-state index in [4.69, 9.17) is 5.73 Å². The van der Waals surface area contributed by atoms with Crippen molar-refractivity contribution in [3.63, 3.8) is 0 Å². The summed E-state index contributed by atoms with van der Waals surface area (Å²) in [5, 5.41) is 7.02. The van der Waals surface area contributed by atoms with Crippen molar-refractivity contribution < 1.29 is 8.42 Å². The largest absolute Gasteiger partial charge is 0.383 e. The highest BCUT2D eigenvalue weighted by Gasteiger charge is 2.20. The van der Waals surface area contributed by atoms with E-state index in [1.165, 1.54) is 24.7 Å². The highest BCUT2D eigenvalue weighted by molar-refractivity contribution is 9.10. The monoisotopic (exact) mass is 330 g/mol. The molecule has 0 spiro atoms. The quantitative estimate of drug-likeness (QED) is 0.835. The van der Waals surface area contributed by atoms with Gasteiger partial charge in [0.2, 0.25) is 0 Å². The first kappa shape index (κ1) is 12.6. The molecule has 0 aliphatic rings. The summed E-state index contributed by atoms with van der Waals surface area (Å²) >= 11 is 3.12. The topological polar surface area (TPSA) is 124 Å². The van der Waals surface area contributed by atoms with Gasteiger partial charge in [0.1, 0.15) is 10.7 Å². The number of pyridine rings is 1. The second kappa shape index (κ2) is 4.82. The summed E-state index contributed by atoms with van der Waals surface area (Å²) in [6, 6.07) is 1.33. The Kier molecular flexibility index (Phi) is 3.39. The molecular weight excluding hydrogens is 324 g/mol. The smallest absolute Gasteiger partial charge is 0.267 e. The van der Waals surface area contributed by atoms with E-state index in [1.807, 2.05) is 0 Å². The Balaban J connectivity index is 2.40. The zero-order chi connectivity index (χ0) is 13.2. The van der Waals surface area contributed by atoms with Crippen LogP contribution in [0.3, 0.4) is 0 Å². The van der Waals surface area contributed by atoms with Crippen LogP contribution in [-0.2, 0) is 10.0 Å². The Bertz CT molecular complexity index is 663. The predicted octanol–water partition coefficient (Wildman–Crippen LogP) is 0.412. The number of sulfonamides is 1. The molecule has 0 aromatic carbocycles. The van der Waals surface area contributed by atoms with Crippen molar-refractivity contribution in [2.75, 3.05) is 10.5 Å². The van der Waals surface area contributed by atoms with Gasteiger partial charge in [0.15, 0.2) is 0 Å². The molecule has 10 heteroatoms. The Hall–Kier alpha value is -1.81. The van der Waals surface area contributed by atoms with Gasteiger partial charge in [-0.1, -0.05) is 0 Å².